The summed E-state index contributed by atoms with van der Waals surface area (Å²) in [5, 5.41) is 12.0. The third-order valence-corrected chi connectivity index (χ3v) is 3.02. The maximum absolute atomic E-state index is 11.4. The molecule has 0 saturated heterocycles. The van der Waals surface area contributed by atoms with E-state index in [2.05, 4.69) is 32.3 Å². The van der Waals surface area contributed by atoms with Gasteiger partial charge in [0, 0.05) is 4.47 Å². The van der Waals surface area contributed by atoms with Crippen LogP contribution in [0.15, 0.2) is 34.9 Å². The fourth-order valence-electron chi connectivity index (χ4n) is 1.61. The fraction of sp³-hybridized carbons (Fsp3) is 0. The third kappa shape index (κ3) is 2.87. The Morgan fingerprint density at radius 3 is 2.80 bits per heavy atom. The number of aromatic nitrogens is 1. The molecule has 2 rings (SSSR count). The lowest BCUT2D eigenvalue weighted by Gasteiger charge is -2.11. The largest absolute Gasteiger partial charge is 0.397 e. The summed E-state index contributed by atoms with van der Waals surface area (Å²) in [6.07, 6.45) is 1.40. The first kappa shape index (κ1) is 13.8. The molecule has 0 fully saturated rings. The summed E-state index contributed by atoms with van der Waals surface area (Å²) in [6.45, 7) is 0. The lowest BCUT2D eigenvalue weighted by Crippen LogP contribution is -2.15. The van der Waals surface area contributed by atoms with Gasteiger partial charge in [0.25, 0.3) is 5.91 Å². The van der Waals surface area contributed by atoms with Crippen molar-refractivity contribution in [1.82, 2.24) is 4.98 Å². The van der Waals surface area contributed by atoms with Crippen molar-refractivity contribution in [3.63, 3.8) is 0 Å². The van der Waals surface area contributed by atoms with Gasteiger partial charge in [-0.3, -0.25) is 4.79 Å². The number of nitriles is 1. The number of rotatable bonds is 3. The Hall–Kier alpha value is -2.59. The molecule has 20 heavy (non-hydrogen) atoms. The highest BCUT2D eigenvalue weighted by Gasteiger charge is 2.12. The number of carbonyl (C=O) groups is 1. The highest BCUT2D eigenvalue weighted by atomic mass is 79.9. The van der Waals surface area contributed by atoms with Crippen molar-refractivity contribution >= 4 is 39.0 Å². The molecule has 0 aliphatic carbocycles. The highest BCUT2D eigenvalue weighted by Crippen LogP contribution is 2.26. The Labute approximate surface area is 123 Å². The number of primary amides is 1. The van der Waals surface area contributed by atoms with Crippen LogP contribution >= 0.6 is 15.9 Å². The molecular weight excluding hydrogens is 322 g/mol. The molecule has 1 aromatic carbocycles. The van der Waals surface area contributed by atoms with Crippen LogP contribution in [0.4, 0.5) is 17.2 Å². The Kier molecular flexibility index (Phi) is 3.86. The van der Waals surface area contributed by atoms with Gasteiger partial charge in [-0.15, -0.1) is 0 Å². The van der Waals surface area contributed by atoms with E-state index in [9.17, 15) is 4.79 Å². The van der Waals surface area contributed by atoms with Crippen LogP contribution in [-0.4, -0.2) is 10.9 Å². The van der Waals surface area contributed by atoms with Gasteiger partial charge in [0.05, 0.1) is 28.7 Å². The van der Waals surface area contributed by atoms with Gasteiger partial charge >= 0.3 is 0 Å². The minimum atomic E-state index is -0.652. The molecule has 0 aliphatic heterocycles. The van der Waals surface area contributed by atoms with Gasteiger partial charge in [0.1, 0.15) is 11.9 Å². The number of nitrogens with one attached hydrogen (secondary N) is 1. The summed E-state index contributed by atoms with van der Waals surface area (Å²) in [7, 11) is 0. The Morgan fingerprint density at radius 2 is 2.15 bits per heavy atom. The van der Waals surface area contributed by atoms with E-state index in [0.29, 0.717) is 16.9 Å². The van der Waals surface area contributed by atoms with Crippen molar-refractivity contribution in [2.45, 2.75) is 0 Å². The average Bonchev–Trinajstić information content (AvgIpc) is 2.41. The molecule has 0 unspecified atom stereocenters. The fourth-order valence-corrected chi connectivity index (χ4v) is 1.97. The molecule has 6 nitrogen and oxygen atoms in total. The molecule has 1 amide bonds. The summed E-state index contributed by atoms with van der Waals surface area (Å²) in [5.74, 6) is -0.401. The molecule has 0 saturated carbocycles. The van der Waals surface area contributed by atoms with Crippen molar-refractivity contribution in [1.29, 1.82) is 5.26 Å². The second-order valence-electron chi connectivity index (χ2n) is 3.96. The van der Waals surface area contributed by atoms with Crippen LogP contribution in [-0.2, 0) is 0 Å². The van der Waals surface area contributed by atoms with Crippen molar-refractivity contribution in [2.75, 3.05) is 11.1 Å². The zero-order chi connectivity index (χ0) is 14.7. The normalized spacial score (nSPS) is 9.80. The number of anilines is 3. The predicted octanol–water partition coefficient (Wildman–Crippen LogP) is 2.14. The number of amides is 1. The molecule has 0 spiro atoms. The Balaban J connectivity index is 2.48. The van der Waals surface area contributed by atoms with E-state index < -0.39 is 5.91 Å². The molecular formula is C13H10BrN5O. The second kappa shape index (κ2) is 5.59. The van der Waals surface area contributed by atoms with Gasteiger partial charge in [0.2, 0.25) is 0 Å². The van der Waals surface area contributed by atoms with Crippen molar-refractivity contribution in [2.24, 2.45) is 5.73 Å². The molecule has 2 aromatic rings. The minimum absolute atomic E-state index is 0.161. The van der Waals surface area contributed by atoms with E-state index >= 15 is 0 Å². The molecule has 7 heteroatoms. The SMILES string of the molecule is N#Cc1ccc(Br)cc1Nc1ncc(N)cc1C(N)=O. The van der Waals surface area contributed by atoms with Gasteiger partial charge in [-0.1, -0.05) is 15.9 Å². The van der Waals surface area contributed by atoms with Crippen molar-refractivity contribution in [3.8, 4) is 6.07 Å². The molecule has 0 atom stereocenters. The second-order valence-corrected chi connectivity index (χ2v) is 4.87. The van der Waals surface area contributed by atoms with Crippen LogP contribution in [0.5, 0.6) is 0 Å². The number of hydrogen-bond donors (Lipinski definition) is 3. The van der Waals surface area contributed by atoms with E-state index in [1.165, 1.54) is 12.3 Å². The summed E-state index contributed by atoms with van der Waals surface area (Å²) in [4.78, 5) is 15.4. The number of pyridine rings is 1. The average molecular weight is 332 g/mol. The maximum atomic E-state index is 11.4. The third-order valence-electron chi connectivity index (χ3n) is 2.53. The van der Waals surface area contributed by atoms with Crippen LogP contribution < -0.4 is 16.8 Å². The van der Waals surface area contributed by atoms with Crippen LogP contribution in [0.25, 0.3) is 0 Å². The molecule has 0 bridgehead atoms. The lowest BCUT2D eigenvalue weighted by molar-refractivity contribution is 0.100. The van der Waals surface area contributed by atoms with E-state index in [0.717, 1.165) is 4.47 Å². The van der Waals surface area contributed by atoms with Gasteiger partial charge in [-0.25, -0.2) is 4.98 Å². The maximum Gasteiger partial charge on any atom is 0.252 e. The van der Waals surface area contributed by atoms with Gasteiger partial charge in [0.15, 0.2) is 0 Å². The number of halogens is 1. The van der Waals surface area contributed by atoms with Crippen LogP contribution in [0.2, 0.25) is 0 Å². The quantitative estimate of drug-likeness (QED) is 0.796. The summed E-state index contributed by atoms with van der Waals surface area (Å²) in [6, 6.07) is 8.58. The Morgan fingerprint density at radius 1 is 1.40 bits per heavy atom. The first-order chi connectivity index (χ1) is 9.51. The van der Waals surface area contributed by atoms with E-state index in [1.807, 2.05) is 0 Å². The van der Waals surface area contributed by atoms with Crippen molar-refractivity contribution < 1.29 is 4.79 Å². The first-order valence-electron chi connectivity index (χ1n) is 5.53. The summed E-state index contributed by atoms with van der Waals surface area (Å²) >= 11 is 3.32. The molecule has 5 N–H and O–H groups in total. The number of benzene rings is 1. The highest BCUT2D eigenvalue weighted by molar-refractivity contribution is 9.10. The summed E-state index contributed by atoms with van der Waals surface area (Å²) < 4.78 is 0.787. The van der Waals surface area contributed by atoms with Crippen LogP contribution in [0, 0.1) is 11.3 Å². The van der Waals surface area contributed by atoms with Crippen LogP contribution in [0.3, 0.4) is 0 Å². The van der Waals surface area contributed by atoms with Gasteiger partial charge in [-0.2, -0.15) is 5.26 Å². The zero-order valence-corrected chi connectivity index (χ0v) is 11.8. The van der Waals surface area contributed by atoms with E-state index in [-0.39, 0.29) is 11.4 Å². The Bertz CT molecular complexity index is 723. The molecule has 1 aromatic heterocycles. The lowest BCUT2D eigenvalue weighted by atomic mass is 10.1. The predicted molar refractivity (Wildman–Crippen MR) is 79.3 cm³/mol. The monoisotopic (exact) mass is 331 g/mol. The van der Waals surface area contributed by atoms with Gasteiger partial charge in [-0.05, 0) is 24.3 Å². The van der Waals surface area contributed by atoms with Gasteiger partial charge < -0.3 is 16.8 Å². The number of nitrogen functional groups attached to an aromatic ring is 1. The minimum Gasteiger partial charge on any atom is -0.397 e. The molecule has 0 radical (unpaired) electrons. The van der Waals surface area contributed by atoms with Crippen molar-refractivity contribution in [3.05, 3.63) is 46.1 Å². The molecule has 100 valence electrons. The van der Waals surface area contributed by atoms with E-state index in [1.54, 1.807) is 18.2 Å². The van der Waals surface area contributed by atoms with Crippen LogP contribution in [0.1, 0.15) is 15.9 Å². The topological polar surface area (TPSA) is 118 Å². The standard InChI is InChI=1S/C13H10BrN5O/c14-8-2-1-7(5-15)11(3-8)19-13-10(12(17)20)4-9(16)6-18-13/h1-4,6H,16H2,(H2,17,20)(H,18,19). The number of hydrogen-bond acceptors (Lipinski definition) is 5. The molecule has 0 aliphatic rings. The van der Waals surface area contributed by atoms with E-state index in [4.69, 9.17) is 16.7 Å². The molecule has 1 heterocycles. The first-order valence-corrected chi connectivity index (χ1v) is 6.32. The smallest absolute Gasteiger partial charge is 0.252 e. The number of nitrogens with zero attached hydrogens (tertiary/aromatic N) is 2. The number of carbonyl (C=O) groups excluding carboxylic acids is 1. The number of nitrogens with two attached hydrogens (primary N) is 2. The zero-order valence-electron chi connectivity index (χ0n) is 10.2. The summed E-state index contributed by atoms with van der Waals surface area (Å²) in [5.41, 5.74) is 12.3.